The van der Waals surface area contributed by atoms with Gasteiger partial charge in [-0.1, -0.05) is 12.1 Å². The van der Waals surface area contributed by atoms with E-state index in [1.54, 1.807) is 12.4 Å². The van der Waals surface area contributed by atoms with E-state index >= 15 is 0 Å². The topological polar surface area (TPSA) is 45.2 Å². The molecule has 2 aromatic rings. The summed E-state index contributed by atoms with van der Waals surface area (Å²) in [7, 11) is 0. The maximum absolute atomic E-state index is 14.0. The zero-order chi connectivity index (χ0) is 17.4. The van der Waals surface area contributed by atoms with E-state index < -0.39 is 11.6 Å². The molecule has 0 bridgehead atoms. The van der Waals surface area contributed by atoms with Gasteiger partial charge >= 0.3 is 0 Å². The minimum Gasteiger partial charge on any atom is -0.333 e. The summed E-state index contributed by atoms with van der Waals surface area (Å²) in [5.74, 6) is -1.49. The second-order valence-electron chi connectivity index (χ2n) is 6.65. The number of carbonyl (C=O) groups excluding carboxylic acids is 1. The third-order valence-electron chi connectivity index (χ3n) is 5.07. The zero-order valence-corrected chi connectivity index (χ0v) is 14.9. The molecule has 1 aliphatic carbocycles. The SMILES string of the molecule is Cl.O=C(C1CC1c1ccc(F)cc1F)N1CCNCC1c1cccnc1. The van der Waals surface area contributed by atoms with Gasteiger partial charge in [0.15, 0.2) is 0 Å². The van der Waals surface area contributed by atoms with Gasteiger partial charge in [-0.2, -0.15) is 0 Å². The van der Waals surface area contributed by atoms with Crippen molar-refractivity contribution < 1.29 is 13.6 Å². The van der Waals surface area contributed by atoms with Crippen molar-refractivity contribution in [2.75, 3.05) is 19.6 Å². The molecule has 1 aromatic carbocycles. The normalized spacial score (nSPS) is 24.7. The molecule has 1 aliphatic heterocycles. The minimum atomic E-state index is -0.594. The highest BCUT2D eigenvalue weighted by molar-refractivity contribution is 5.85. The maximum atomic E-state index is 14.0. The van der Waals surface area contributed by atoms with Gasteiger partial charge in [0.25, 0.3) is 0 Å². The summed E-state index contributed by atoms with van der Waals surface area (Å²) in [5, 5.41) is 3.31. The average molecular weight is 380 g/mol. The quantitative estimate of drug-likeness (QED) is 0.891. The Morgan fingerprint density at radius 2 is 2.12 bits per heavy atom. The first-order chi connectivity index (χ1) is 12.1. The van der Waals surface area contributed by atoms with Crippen LogP contribution < -0.4 is 5.32 Å². The van der Waals surface area contributed by atoms with Gasteiger partial charge in [0, 0.05) is 44.0 Å². The number of piperazine rings is 1. The van der Waals surface area contributed by atoms with Gasteiger partial charge in [0.1, 0.15) is 11.6 Å². The van der Waals surface area contributed by atoms with Crippen LogP contribution in [0.5, 0.6) is 0 Å². The minimum absolute atomic E-state index is 0. The van der Waals surface area contributed by atoms with E-state index in [1.807, 2.05) is 17.0 Å². The number of aromatic nitrogens is 1. The predicted molar refractivity (Wildman–Crippen MR) is 96.0 cm³/mol. The molecule has 4 rings (SSSR count). The molecule has 7 heteroatoms. The van der Waals surface area contributed by atoms with Crippen molar-refractivity contribution in [2.24, 2.45) is 5.92 Å². The number of pyridine rings is 1. The number of rotatable bonds is 3. The summed E-state index contributed by atoms with van der Waals surface area (Å²) in [4.78, 5) is 19.0. The van der Waals surface area contributed by atoms with Crippen molar-refractivity contribution in [3.63, 3.8) is 0 Å². The highest BCUT2D eigenvalue weighted by Crippen LogP contribution is 2.50. The lowest BCUT2D eigenvalue weighted by Crippen LogP contribution is -2.49. The van der Waals surface area contributed by atoms with Crippen LogP contribution in [-0.4, -0.2) is 35.4 Å². The van der Waals surface area contributed by atoms with Crippen molar-refractivity contribution in [1.82, 2.24) is 15.2 Å². The Morgan fingerprint density at radius 3 is 2.85 bits per heavy atom. The number of halogens is 3. The molecule has 2 fully saturated rings. The monoisotopic (exact) mass is 379 g/mol. The van der Waals surface area contributed by atoms with E-state index in [0.29, 0.717) is 25.1 Å². The van der Waals surface area contributed by atoms with E-state index in [0.717, 1.165) is 18.2 Å². The van der Waals surface area contributed by atoms with Crippen LogP contribution in [0.2, 0.25) is 0 Å². The molecule has 1 N–H and O–H groups in total. The summed E-state index contributed by atoms with van der Waals surface area (Å²) >= 11 is 0. The van der Waals surface area contributed by atoms with Crippen LogP contribution in [-0.2, 0) is 4.79 Å². The van der Waals surface area contributed by atoms with Gasteiger partial charge in [-0.25, -0.2) is 8.78 Å². The van der Waals surface area contributed by atoms with E-state index in [-0.39, 0.29) is 36.2 Å². The van der Waals surface area contributed by atoms with Crippen molar-refractivity contribution in [3.05, 3.63) is 65.5 Å². The zero-order valence-electron chi connectivity index (χ0n) is 14.1. The first-order valence-corrected chi connectivity index (χ1v) is 8.51. The van der Waals surface area contributed by atoms with E-state index in [1.165, 1.54) is 12.1 Å². The van der Waals surface area contributed by atoms with Crippen LogP contribution in [0.3, 0.4) is 0 Å². The Labute approximate surface area is 157 Å². The molecule has 0 radical (unpaired) electrons. The lowest BCUT2D eigenvalue weighted by molar-refractivity contribution is -0.136. The van der Waals surface area contributed by atoms with E-state index in [2.05, 4.69) is 10.3 Å². The van der Waals surface area contributed by atoms with Crippen LogP contribution >= 0.6 is 12.4 Å². The Bertz CT molecular complexity index is 790. The molecule has 2 aliphatic rings. The number of hydrogen-bond donors (Lipinski definition) is 1. The van der Waals surface area contributed by atoms with Crippen molar-refractivity contribution >= 4 is 18.3 Å². The lowest BCUT2D eigenvalue weighted by atomic mass is 10.0. The smallest absolute Gasteiger partial charge is 0.226 e. The first kappa shape index (κ1) is 18.7. The second kappa shape index (κ2) is 7.68. The van der Waals surface area contributed by atoms with Gasteiger partial charge < -0.3 is 10.2 Å². The molecular formula is C19H20ClF2N3O. The molecule has 3 atom stereocenters. The summed E-state index contributed by atoms with van der Waals surface area (Å²) in [5.41, 5.74) is 1.43. The standard InChI is InChI=1S/C19H19F2N3O.ClH/c20-13-3-4-14(17(21)8-13)15-9-16(15)19(25)24-7-6-23-11-18(24)12-2-1-5-22-10-12;/h1-5,8,10,15-16,18,23H,6-7,9,11H2;1H. The molecule has 1 saturated carbocycles. The van der Waals surface area contributed by atoms with Crippen molar-refractivity contribution in [2.45, 2.75) is 18.4 Å². The Hall–Kier alpha value is -2.05. The molecular weight excluding hydrogens is 360 g/mol. The predicted octanol–water partition coefficient (Wildman–Crippen LogP) is 3.06. The number of amides is 1. The lowest BCUT2D eigenvalue weighted by Gasteiger charge is -2.36. The van der Waals surface area contributed by atoms with Crippen molar-refractivity contribution in [3.8, 4) is 0 Å². The highest BCUT2D eigenvalue weighted by Gasteiger charge is 2.48. The van der Waals surface area contributed by atoms with Crippen LogP contribution in [0.15, 0.2) is 42.7 Å². The van der Waals surface area contributed by atoms with Crippen LogP contribution in [0.1, 0.15) is 29.5 Å². The Kier molecular flexibility index (Phi) is 5.53. The summed E-state index contributed by atoms with van der Waals surface area (Å²) in [6.07, 6.45) is 4.10. The fourth-order valence-corrected chi connectivity index (χ4v) is 3.67. The molecule has 0 spiro atoms. The molecule has 1 amide bonds. The van der Waals surface area contributed by atoms with Crippen LogP contribution in [0, 0.1) is 17.6 Å². The number of nitrogens with one attached hydrogen (secondary N) is 1. The van der Waals surface area contributed by atoms with Crippen LogP contribution in [0.25, 0.3) is 0 Å². The third kappa shape index (κ3) is 3.57. The molecule has 4 nitrogen and oxygen atoms in total. The second-order valence-corrected chi connectivity index (χ2v) is 6.65. The Balaban J connectivity index is 0.00000196. The molecule has 26 heavy (non-hydrogen) atoms. The highest BCUT2D eigenvalue weighted by atomic mass is 35.5. The third-order valence-corrected chi connectivity index (χ3v) is 5.07. The molecule has 2 heterocycles. The molecule has 3 unspecified atom stereocenters. The summed E-state index contributed by atoms with van der Waals surface area (Å²) < 4.78 is 27.1. The van der Waals surface area contributed by atoms with Gasteiger partial charge in [-0.15, -0.1) is 12.4 Å². The van der Waals surface area contributed by atoms with Gasteiger partial charge in [-0.3, -0.25) is 9.78 Å². The fourth-order valence-electron chi connectivity index (χ4n) is 3.67. The van der Waals surface area contributed by atoms with Gasteiger partial charge in [0.2, 0.25) is 5.91 Å². The number of nitrogens with zero attached hydrogens (tertiary/aromatic N) is 2. The molecule has 138 valence electrons. The summed E-state index contributed by atoms with van der Waals surface area (Å²) in [6, 6.07) is 7.36. The number of carbonyl (C=O) groups is 1. The van der Waals surface area contributed by atoms with E-state index in [9.17, 15) is 13.6 Å². The van der Waals surface area contributed by atoms with Gasteiger partial charge in [0.05, 0.1) is 6.04 Å². The fraction of sp³-hybridized carbons (Fsp3) is 0.368. The maximum Gasteiger partial charge on any atom is 0.226 e. The first-order valence-electron chi connectivity index (χ1n) is 8.51. The number of hydrogen-bond acceptors (Lipinski definition) is 3. The molecule has 1 aromatic heterocycles. The number of benzene rings is 1. The molecule has 1 saturated heterocycles. The van der Waals surface area contributed by atoms with Crippen molar-refractivity contribution in [1.29, 1.82) is 0 Å². The largest absolute Gasteiger partial charge is 0.333 e. The summed E-state index contributed by atoms with van der Waals surface area (Å²) in [6.45, 7) is 2.04. The van der Waals surface area contributed by atoms with Gasteiger partial charge in [-0.05, 0) is 35.6 Å². The average Bonchev–Trinajstić information content (AvgIpc) is 3.42. The Morgan fingerprint density at radius 1 is 1.27 bits per heavy atom. The van der Waals surface area contributed by atoms with Crippen LogP contribution in [0.4, 0.5) is 8.78 Å². The van der Waals surface area contributed by atoms with E-state index in [4.69, 9.17) is 0 Å².